The molecule has 156 valence electrons. The second-order valence-corrected chi connectivity index (χ2v) is 6.99. The van der Waals surface area contributed by atoms with Crippen molar-refractivity contribution in [3.05, 3.63) is 39.9 Å². The zero-order chi connectivity index (χ0) is 18.9. The van der Waals surface area contributed by atoms with Crippen molar-refractivity contribution in [2.75, 3.05) is 52.5 Å². The summed E-state index contributed by atoms with van der Waals surface area (Å²) in [7, 11) is 0. The number of nitro groups is 1. The zero-order valence-corrected chi connectivity index (χ0v) is 18.5. The molecule has 0 spiro atoms. The molecule has 2 aliphatic rings. The van der Waals surface area contributed by atoms with Crippen LogP contribution in [0.15, 0.2) is 29.3 Å². The van der Waals surface area contributed by atoms with E-state index in [-0.39, 0.29) is 34.6 Å². The first kappa shape index (κ1) is 22.8. The maximum absolute atomic E-state index is 10.8. The largest absolute Gasteiger partial charge is 0.379 e. The Kier molecular flexibility index (Phi) is 9.93. The topological polar surface area (TPSA) is 83.2 Å². The van der Waals surface area contributed by atoms with Crippen LogP contribution in [0.3, 0.4) is 0 Å². The van der Waals surface area contributed by atoms with Crippen molar-refractivity contribution >= 4 is 35.6 Å². The number of hydrogen-bond donors (Lipinski definition) is 1. The number of halogens is 1. The van der Waals surface area contributed by atoms with E-state index < -0.39 is 0 Å². The van der Waals surface area contributed by atoms with Gasteiger partial charge in [0.05, 0.1) is 24.7 Å². The summed E-state index contributed by atoms with van der Waals surface area (Å²) in [5.74, 6) is 0.952. The van der Waals surface area contributed by atoms with Crippen LogP contribution in [-0.2, 0) is 11.3 Å². The highest BCUT2D eigenvalue weighted by atomic mass is 127. The molecular formula is C19H30IN5O3. The lowest BCUT2D eigenvalue weighted by Crippen LogP contribution is -2.42. The summed E-state index contributed by atoms with van der Waals surface area (Å²) in [6.07, 6.45) is 3.47. The minimum Gasteiger partial charge on any atom is -0.379 e. The summed E-state index contributed by atoms with van der Waals surface area (Å²) in [6, 6.07) is 6.63. The molecule has 0 aliphatic carbocycles. The minimum absolute atomic E-state index is 0. The first-order valence-corrected chi connectivity index (χ1v) is 9.79. The average molecular weight is 503 g/mol. The predicted molar refractivity (Wildman–Crippen MR) is 120 cm³/mol. The van der Waals surface area contributed by atoms with Crippen LogP contribution in [0.4, 0.5) is 5.69 Å². The monoisotopic (exact) mass is 503 g/mol. The van der Waals surface area contributed by atoms with E-state index in [0.717, 1.165) is 70.4 Å². The lowest BCUT2D eigenvalue weighted by molar-refractivity contribution is -0.384. The van der Waals surface area contributed by atoms with Gasteiger partial charge in [-0.2, -0.15) is 0 Å². The van der Waals surface area contributed by atoms with Crippen molar-refractivity contribution in [2.24, 2.45) is 4.99 Å². The quantitative estimate of drug-likeness (QED) is 0.154. The highest BCUT2D eigenvalue weighted by Gasteiger charge is 2.16. The fourth-order valence-corrected chi connectivity index (χ4v) is 3.41. The van der Waals surface area contributed by atoms with E-state index in [1.807, 2.05) is 0 Å². The van der Waals surface area contributed by atoms with Gasteiger partial charge in [-0.15, -0.1) is 24.0 Å². The summed E-state index contributed by atoms with van der Waals surface area (Å²) in [4.78, 5) is 19.9. The first-order valence-electron chi connectivity index (χ1n) is 9.79. The number of likely N-dealkylation sites (tertiary alicyclic amines) is 1. The molecule has 0 unspecified atom stereocenters. The van der Waals surface area contributed by atoms with Gasteiger partial charge in [-0.05, 0) is 31.4 Å². The molecule has 0 bridgehead atoms. The first-order chi connectivity index (χ1) is 13.2. The smallest absolute Gasteiger partial charge is 0.269 e. The van der Waals surface area contributed by atoms with Gasteiger partial charge >= 0.3 is 0 Å². The van der Waals surface area contributed by atoms with E-state index in [2.05, 4.69) is 15.1 Å². The number of aliphatic imine (C=N–C) groups is 1. The third-order valence-electron chi connectivity index (χ3n) is 5.00. The van der Waals surface area contributed by atoms with E-state index in [9.17, 15) is 10.1 Å². The number of ether oxygens (including phenoxy) is 1. The SMILES string of the molecule is I.O=[N+]([O-])c1ccc(CN=C(NCCCN2CCOCC2)N2CCCC2)cc1. The molecule has 9 heteroatoms. The third kappa shape index (κ3) is 7.17. The van der Waals surface area contributed by atoms with Gasteiger partial charge in [-0.1, -0.05) is 12.1 Å². The van der Waals surface area contributed by atoms with E-state index in [1.54, 1.807) is 12.1 Å². The van der Waals surface area contributed by atoms with E-state index in [4.69, 9.17) is 9.73 Å². The van der Waals surface area contributed by atoms with Crippen molar-refractivity contribution in [1.82, 2.24) is 15.1 Å². The van der Waals surface area contributed by atoms with Crippen LogP contribution < -0.4 is 5.32 Å². The molecule has 8 nitrogen and oxygen atoms in total. The Morgan fingerprint density at radius 2 is 1.82 bits per heavy atom. The van der Waals surface area contributed by atoms with E-state index in [0.29, 0.717) is 6.54 Å². The summed E-state index contributed by atoms with van der Waals surface area (Å²) in [6.45, 7) is 8.29. The Morgan fingerprint density at radius 1 is 1.14 bits per heavy atom. The molecule has 0 radical (unpaired) electrons. The Labute approximate surface area is 183 Å². The number of nitro benzene ring substituents is 1. The van der Waals surface area contributed by atoms with Crippen molar-refractivity contribution in [1.29, 1.82) is 0 Å². The summed E-state index contributed by atoms with van der Waals surface area (Å²) in [5, 5.41) is 14.3. The predicted octanol–water partition coefficient (Wildman–Crippen LogP) is 2.48. The Balaban J connectivity index is 0.00000280. The molecule has 1 aromatic carbocycles. The fraction of sp³-hybridized carbons (Fsp3) is 0.632. The van der Waals surface area contributed by atoms with Crippen molar-refractivity contribution in [2.45, 2.75) is 25.8 Å². The second kappa shape index (κ2) is 12.2. The van der Waals surface area contributed by atoms with Crippen LogP contribution >= 0.6 is 24.0 Å². The molecule has 0 aromatic heterocycles. The standard InChI is InChI=1S/C19H29N5O3.HI/c25-24(26)18-6-4-17(5-7-18)16-21-19(23-10-1-2-11-23)20-8-3-9-22-12-14-27-15-13-22;/h4-7H,1-3,8-16H2,(H,20,21);1H. The fourth-order valence-electron chi connectivity index (χ4n) is 3.41. The molecule has 0 saturated carbocycles. The second-order valence-electron chi connectivity index (χ2n) is 6.99. The normalized spacial score (nSPS) is 18.0. The number of non-ortho nitro benzene ring substituents is 1. The number of nitrogens with zero attached hydrogens (tertiary/aromatic N) is 4. The Bertz CT molecular complexity index is 629. The molecule has 1 aromatic rings. The molecular weight excluding hydrogens is 473 g/mol. The van der Waals surface area contributed by atoms with Gasteiger partial charge in [0.15, 0.2) is 5.96 Å². The summed E-state index contributed by atoms with van der Waals surface area (Å²) < 4.78 is 5.39. The third-order valence-corrected chi connectivity index (χ3v) is 5.00. The zero-order valence-electron chi connectivity index (χ0n) is 16.2. The number of rotatable bonds is 7. The molecule has 2 fully saturated rings. The van der Waals surface area contributed by atoms with Gasteiger partial charge in [0, 0.05) is 44.9 Å². The summed E-state index contributed by atoms with van der Waals surface area (Å²) >= 11 is 0. The highest BCUT2D eigenvalue weighted by Crippen LogP contribution is 2.13. The van der Waals surface area contributed by atoms with Crippen molar-refractivity contribution in [3.8, 4) is 0 Å². The molecule has 0 amide bonds. The summed E-state index contributed by atoms with van der Waals surface area (Å²) in [5.41, 5.74) is 1.09. The molecule has 2 saturated heterocycles. The minimum atomic E-state index is -0.376. The van der Waals surface area contributed by atoms with Crippen LogP contribution in [0, 0.1) is 10.1 Å². The number of hydrogen-bond acceptors (Lipinski definition) is 5. The Hall–Kier alpha value is -1.46. The van der Waals surface area contributed by atoms with Gasteiger partial charge < -0.3 is 15.0 Å². The molecule has 0 atom stereocenters. The van der Waals surface area contributed by atoms with Gasteiger partial charge in [-0.25, -0.2) is 4.99 Å². The van der Waals surface area contributed by atoms with Gasteiger partial charge in [0.25, 0.3) is 5.69 Å². The van der Waals surface area contributed by atoms with E-state index >= 15 is 0 Å². The molecule has 28 heavy (non-hydrogen) atoms. The number of benzene rings is 1. The lowest BCUT2D eigenvalue weighted by Gasteiger charge is -2.27. The molecule has 2 heterocycles. The molecule has 1 N–H and O–H groups in total. The maximum atomic E-state index is 10.8. The van der Waals surface area contributed by atoms with Gasteiger partial charge in [-0.3, -0.25) is 15.0 Å². The van der Waals surface area contributed by atoms with Crippen molar-refractivity contribution in [3.63, 3.8) is 0 Å². The van der Waals surface area contributed by atoms with Gasteiger partial charge in [0.2, 0.25) is 0 Å². The van der Waals surface area contributed by atoms with Crippen LogP contribution in [0.2, 0.25) is 0 Å². The van der Waals surface area contributed by atoms with Crippen LogP contribution in [-0.4, -0.2) is 73.2 Å². The lowest BCUT2D eigenvalue weighted by atomic mass is 10.2. The average Bonchev–Trinajstić information content (AvgIpc) is 3.23. The van der Waals surface area contributed by atoms with Gasteiger partial charge in [0.1, 0.15) is 0 Å². The number of morpholine rings is 1. The number of guanidine groups is 1. The Morgan fingerprint density at radius 3 is 2.46 bits per heavy atom. The molecule has 2 aliphatic heterocycles. The number of nitrogens with one attached hydrogen (secondary N) is 1. The molecule has 3 rings (SSSR count). The van der Waals surface area contributed by atoms with E-state index in [1.165, 1.54) is 25.0 Å². The highest BCUT2D eigenvalue weighted by molar-refractivity contribution is 14.0. The maximum Gasteiger partial charge on any atom is 0.269 e. The van der Waals surface area contributed by atoms with Crippen LogP contribution in [0.25, 0.3) is 0 Å². The van der Waals surface area contributed by atoms with Crippen molar-refractivity contribution < 1.29 is 9.66 Å². The van der Waals surface area contributed by atoms with Crippen LogP contribution in [0.5, 0.6) is 0 Å². The van der Waals surface area contributed by atoms with Crippen LogP contribution in [0.1, 0.15) is 24.8 Å².